The third-order valence-corrected chi connectivity index (χ3v) is 7.14. The highest BCUT2D eigenvalue weighted by molar-refractivity contribution is 7.18. The minimum absolute atomic E-state index is 0.00198. The zero-order chi connectivity index (χ0) is 27.1. The number of benzene rings is 3. The fraction of sp³-hybridized carbons (Fsp3) is 0.0714. The normalized spacial score (nSPS) is 11.1. The van der Waals surface area contributed by atoms with Gasteiger partial charge in [-0.25, -0.2) is 23.5 Å². The van der Waals surface area contributed by atoms with E-state index in [1.807, 2.05) is 37.3 Å². The second-order valence-corrected chi connectivity index (χ2v) is 10.0. The van der Waals surface area contributed by atoms with E-state index in [9.17, 15) is 19.2 Å². The van der Waals surface area contributed by atoms with Gasteiger partial charge in [0, 0.05) is 22.7 Å². The van der Waals surface area contributed by atoms with Crippen LogP contribution in [-0.4, -0.2) is 24.1 Å². The number of anilines is 2. The molecule has 0 fully saturated rings. The molecule has 6 rings (SSSR count). The van der Waals surface area contributed by atoms with Gasteiger partial charge in [-0.15, -0.1) is 11.3 Å². The maximum absolute atomic E-state index is 14.0. The molecule has 0 saturated carbocycles. The molecule has 0 aliphatic rings. The highest BCUT2D eigenvalue weighted by Crippen LogP contribution is 2.26. The molecule has 0 aliphatic heterocycles. The molecule has 3 heterocycles. The number of nitrogens with zero attached hydrogens (tertiary/aromatic N) is 6. The molecule has 1 N–H and O–H groups in total. The lowest BCUT2D eigenvalue weighted by molar-refractivity contribution is 0.620. The number of nitrogens with one attached hydrogen (secondary N) is 1. The van der Waals surface area contributed by atoms with Crippen LogP contribution in [0.3, 0.4) is 0 Å². The summed E-state index contributed by atoms with van der Waals surface area (Å²) in [5, 5.41) is 14.7. The van der Waals surface area contributed by atoms with Crippen molar-refractivity contribution in [3.8, 4) is 11.8 Å². The quantitative estimate of drug-likeness (QED) is 0.341. The lowest BCUT2D eigenvalue weighted by atomic mass is 10.1. The molecule has 9 nitrogen and oxygen atoms in total. The van der Waals surface area contributed by atoms with Gasteiger partial charge in [-0.1, -0.05) is 30.3 Å². The van der Waals surface area contributed by atoms with Crippen molar-refractivity contribution in [1.29, 1.82) is 5.26 Å². The molecule has 6 aromatic rings. The Morgan fingerprint density at radius 1 is 1.05 bits per heavy atom. The van der Waals surface area contributed by atoms with Crippen LogP contribution in [0.25, 0.3) is 26.7 Å². The van der Waals surface area contributed by atoms with Crippen LogP contribution in [-0.2, 0) is 6.54 Å². The molecular weight excluding hydrogens is 517 g/mol. The van der Waals surface area contributed by atoms with E-state index in [-0.39, 0.29) is 23.7 Å². The fourth-order valence-corrected chi connectivity index (χ4v) is 5.27. The van der Waals surface area contributed by atoms with Gasteiger partial charge in [-0.05, 0) is 42.8 Å². The molecular formula is C28H18FN7O2S. The summed E-state index contributed by atoms with van der Waals surface area (Å²) in [6.07, 6.45) is 3.08. The third kappa shape index (κ3) is 4.43. The Kier molecular flexibility index (Phi) is 5.94. The number of rotatable bonds is 5. The number of hydrogen-bond acceptors (Lipinski definition) is 8. The van der Waals surface area contributed by atoms with Crippen LogP contribution in [0, 0.1) is 24.1 Å². The van der Waals surface area contributed by atoms with Crippen LogP contribution >= 0.6 is 11.3 Å². The molecule has 0 spiro atoms. The first-order valence-electron chi connectivity index (χ1n) is 11.8. The summed E-state index contributed by atoms with van der Waals surface area (Å²) in [6.45, 7) is 1.83. The summed E-state index contributed by atoms with van der Waals surface area (Å²) >= 11 is 1.52. The second-order valence-electron chi connectivity index (χ2n) is 8.77. The number of nitriles is 1. The minimum atomic E-state index is -0.788. The number of fused-ring (bicyclic) bond motifs is 2. The predicted molar refractivity (Wildman–Crippen MR) is 147 cm³/mol. The van der Waals surface area contributed by atoms with E-state index in [1.165, 1.54) is 40.3 Å². The van der Waals surface area contributed by atoms with Crippen LogP contribution in [0.1, 0.15) is 16.1 Å². The monoisotopic (exact) mass is 535 g/mol. The second kappa shape index (κ2) is 9.59. The van der Waals surface area contributed by atoms with E-state index in [1.54, 1.807) is 24.4 Å². The summed E-state index contributed by atoms with van der Waals surface area (Å²) in [5.41, 5.74) is 0.594. The molecule has 3 aromatic heterocycles. The first-order chi connectivity index (χ1) is 18.9. The molecule has 190 valence electrons. The first-order valence-corrected chi connectivity index (χ1v) is 12.6. The largest absolute Gasteiger partial charge is 0.359 e. The Bertz CT molecular complexity index is 2070. The van der Waals surface area contributed by atoms with Crippen molar-refractivity contribution >= 4 is 44.0 Å². The van der Waals surface area contributed by atoms with Gasteiger partial charge in [-0.2, -0.15) is 10.2 Å². The van der Waals surface area contributed by atoms with Gasteiger partial charge in [0.15, 0.2) is 0 Å². The van der Waals surface area contributed by atoms with Gasteiger partial charge < -0.3 is 5.32 Å². The molecule has 0 aliphatic carbocycles. The lowest BCUT2D eigenvalue weighted by Crippen LogP contribution is -2.42. The Labute approximate surface area is 224 Å². The van der Waals surface area contributed by atoms with E-state index < -0.39 is 17.2 Å². The number of aryl methyl sites for hydroxylation is 1. The number of halogens is 1. The number of pyridine rings is 1. The maximum Gasteiger partial charge on any atom is 0.359 e. The van der Waals surface area contributed by atoms with Crippen LogP contribution in [0.15, 0.2) is 82.6 Å². The van der Waals surface area contributed by atoms with E-state index in [0.29, 0.717) is 16.6 Å². The molecule has 0 unspecified atom stereocenters. The van der Waals surface area contributed by atoms with Gasteiger partial charge in [0.1, 0.15) is 11.9 Å². The smallest absolute Gasteiger partial charge is 0.325 e. The summed E-state index contributed by atoms with van der Waals surface area (Å²) in [5.74, 6) is -0.664. The zero-order valence-corrected chi connectivity index (χ0v) is 21.2. The standard InChI is InChI=1S/C28H18FN7O2S/c1-16-32-23-9-7-20(11-25(23)39-16)33-26-34-27(37)36(24-14-31-13-18-4-2-3-5-21(18)24)28(38)35(26)15-17-6-8-22(29)19(10-17)12-30/h2-11,13-14H,15H2,1H3,(H,33,34,37). The van der Waals surface area contributed by atoms with Gasteiger partial charge in [0.25, 0.3) is 0 Å². The number of hydrogen-bond donors (Lipinski definition) is 1. The number of thiazole rings is 1. The molecule has 0 bridgehead atoms. The zero-order valence-electron chi connectivity index (χ0n) is 20.4. The Balaban J connectivity index is 1.54. The summed E-state index contributed by atoms with van der Waals surface area (Å²) < 4.78 is 17.2. The van der Waals surface area contributed by atoms with Crippen LogP contribution in [0.4, 0.5) is 16.0 Å². The topological polar surface area (TPSA) is 118 Å². The molecule has 3 aromatic carbocycles. The minimum Gasteiger partial charge on any atom is -0.325 e. The molecule has 11 heteroatoms. The maximum atomic E-state index is 14.0. The van der Waals surface area contributed by atoms with Crippen LogP contribution in [0.2, 0.25) is 0 Å². The van der Waals surface area contributed by atoms with Crippen molar-refractivity contribution in [1.82, 2.24) is 24.1 Å². The molecule has 0 atom stereocenters. The van der Waals surface area contributed by atoms with E-state index in [2.05, 4.69) is 20.3 Å². The Morgan fingerprint density at radius 3 is 2.74 bits per heavy atom. The molecule has 0 saturated heterocycles. The Morgan fingerprint density at radius 2 is 1.90 bits per heavy atom. The summed E-state index contributed by atoms with van der Waals surface area (Å²) in [4.78, 5) is 40.2. The van der Waals surface area contributed by atoms with Crippen molar-refractivity contribution in [3.63, 3.8) is 0 Å². The highest BCUT2D eigenvalue weighted by Gasteiger charge is 2.18. The molecule has 0 amide bonds. The van der Waals surface area contributed by atoms with Crippen molar-refractivity contribution in [2.45, 2.75) is 13.5 Å². The van der Waals surface area contributed by atoms with Gasteiger partial charge in [-0.3, -0.25) is 9.55 Å². The van der Waals surface area contributed by atoms with Crippen LogP contribution in [0.5, 0.6) is 0 Å². The van der Waals surface area contributed by atoms with Crippen molar-refractivity contribution in [2.24, 2.45) is 0 Å². The van der Waals surface area contributed by atoms with Crippen LogP contribution < -0.4 is 16.7 Å². The van der Waals surface area contributed by atoms with Gasteiger partial charge in [0.05, 0.1) is 39.2 Å². The average molecular weight is 536 g/mol. The van der Waals surface area contributed by atoms with E-state index in [4.69, 9.17) is 0 Å². The van der Waals surface area contributed by atoms with Gasteiger partial charge in [0.2, 0.25) is 5.95 Å². The molecule has 0 radical (unpaired) electrons. The SMILES string of the molecule is Cc1nc2ccc(Nc3nc(=O)n(-c4cncc5ccccc45)c(=O)n3Cc3ccc(F)c(C#N)c3)cc2s1. The van der Waals surface area contributed by atoms with Crippen molar-refractivity contribution < 1.29 is 4.39 Å². The first kappa shape index (κ1) is 24.1. The van der Waals surface area contributed by atoms with E-state index in [0.717, 1.165) is 25.2 Å². The fourth-order valence-electron chi connectivity index (χ4n) is 4.40. The van der Waals surface area contributed by atoms with Crippen molar-refractivity contribution in [3.05, 3.63) is 116 Å². The predicted octanol–water partition coefficient (Wildman–Crippen LogP) is 4.66. The lowest BCUT2D eigenvalue weighted by Gasteiger charge is -2.16. The number of aromatic nitrogens is 5. The summed E-state index contributed by atoms with van der Waals surface area (Å²) in [6, 6.07) is 18.6. The molecule has 39 heavy (non-hydrogen) atoms. The average Bonchev–Trinajstić information content (AvgIpc) is 3.31. The third-order valence-electron chi connectivity index (χ3n) is 6.20. The Hall–Kier alpha value is -5.21. The highest BCUT2D eigenvalue weighted by atomic mass is 32.1. The van der Waals surface area contributed by atoms with E-state index >= 15 is 0 Å². The van der Waals surface area contributed by atoms with Crippen molar-refractivity contribution in [2.75, 3.05) is 5.32 Å². The van der Waals surface area contributed by atoms with Gasteiger partial charge >= 0.3 is 11.4 Å². The summed E-state index contributed by atoms with van der Waals surface area (Å²) in [7, 11) is 0.